The van der Waals surface area contributed by atoms with E-state index in [-0.39, 0.29) is 5.91 Å². The SMILES string of the molecule is O=C(NCc1ccccn1)c1cc2ccccc2[nH]1. The molecule has 3 aromatic rings. The minimum Gasteiger partial charge on any atom is -0.351 e. The molecule has 0 radical (unpaired) electrons. The van der Waals surface area contributed by atoms with Gasteiger partial charge in [-0.2, -0.15) is 0 Å². The number of nitrogens with one attached hydrogen (secondary N) is 2. The first-order chi connectivity index (χ1) is 9.33. The minimum absolute atomic E-state index is 0.123. The summed E-state index contributed by atoms with van der Waals surface area (Å²) in [4.78, 5) is 19.3. The molecule has 0 unspecified atom stereocenters. The summed E-state index contributed by atoms with van der Waals surface area (Å²) in [5.74, 6) is -0.123. The molecule has 0 aliphatic heterocycles. The molecule has 4 heteroatoms. The van der Waals surface area contributed by atoms with Crippen LogP contribution in [-0.2, 0) is 6.54 Å². The fraction of sp³-hybridized carbons (Fsp3) is 0.0667. The lowest BCUT2D eigenvalue weighted by Crippen LogP contribution is -2.23. The van der Waals surface area contributed by atoms with Crippen LogP contribution in [0.25, 0.3) is 10.9 Å². The van der Waals surface area contributed by atoms with Gasteiger partial charge in [0.05, 0.1) is 12.2 Å². The second-order valence-electron chi connectivity index (χ2n) is 4.27. The van der Waals surface area contributed by atoms with Gasteiger partial charge in [-0.25, -0.2) is 0 Å². The number of pyridine rings is 1. The topological polar surface area (TPSA) is 57.8 Å². The van der Waals surface area contributed by atoms with Gasteiger partial charge in [0.25, 0.3) is 5.91 Å². The van der Waals surface area contributed by atoms with E-state index in [1.165, 1.54) is 0 Å². The summed E-state index contributed by atoms with van der Waals surface area (Å²) in [5.41, 5.74) is 2.37. The zero-order chi connectivity index (χ0) is 13.1. The average molecular weight is 251 g/mol. The maximum absolute atomic E-state index is 12.0. The van der Waals surface area contributed by atoms with Crippen LogP contribution in [0.5, 0.6) is 0 Å². The summed E-state index contributed by atoms with van der Waals surface area (Å²) < 4.78 is 0. The van der Waals surface area contributed by atoms with Gasteiger partial charge >= 0.3 is 0 Å². The first kappa shape index (κ1) is 11.5. The van der Waals surface area contributed by atoms with Gasteiger partial charge in [0.15, 0.2) is 0 Å². The van der Waals surface area contributed by atoms with E-state index in [4.69, 9.17) is 0 Å². The largest absolute Gasteiger partial charge is 0.351 e. The average Bonchev–Trinajstić information content (AvgIpc) is 2.90. The summed E-state index contributed by atoms with van der Waals surface area (Å²) in [5, 5.41) is 3.88. The Bertz CT molecular complexity index is 670. The molecule has 0 fully saturated rings. The Balaban J connectivity index is 1.73. The van der Waals surface area contributed by atoms with Gasteiger partial charge in [-0.3, -0.25) is 9.78 Å². The number of fused-ring (bicyclic) bond motifs is 1. The van der Waals surface area contributed by atoms with E-state index in [2.05, 4.69) is 15.3 Å². The second-order valence-corrected chi connectivity index (χ2v) is 4.27. The number of nitrogens with zero attached hydrogens (tertiary/aromatic N) is 1. The fourth-order valence-electron chi connectivity index (χ4n) is 1.96. The highest BCUT2D eigenvalue weighted by Gasteiger charge is 2.08. The van der Waals surface area contributed by atoms with Gasteiger partial charge in [0.1, 0.15) is 5.69 Å². The Morgan fingerprint density at radius 1 is 1.16 bits per heavy atom. The molecule has 2 aromatic heterocycles. The van der Waals surface area contributed by atoms with Crippen molar-refractivity contribution in [1.29, 1.82) is 0 Å². The normalized spacial score (nSPS) is 10.5. The number of hydrogen-bond acceptors (Lipinski definition) is 2. The molecule has 0 aliphatic carbocycles. The summed E-state index contributed by atoms with van der Waals surface area (Å²) >= 11 is 0. The monoisotopic (exact) mass is 251 g/mol. The van der Waals surface area contributed by atoms with Crippen LogP contribution in [0.2, 0.25) is 0 Å². The number of H-pyrrole nitrogens is 1. The van der Waals surface area contributed by atoms with Crippen molar-refractivity contribution in [2.75, 3.05) is 0 Å². The molecule has 2 N–H and O–H groups in total. The standard InChI is InChI=1S/C15H13N3O/c19-15(17-10-12-6-3-4-8-16-12)14-9-11-5-1-2-7-13(11)18-14/h1-9,18H,10H2,(H,17,19). The predicted octanol–water partition coefficient (Wildman–Crippen LogP) is 2.49. The lowest BCUT2D eigenvalue weighted by atomic mass is 10.2. The Labute approximate surface area is 110 Å². The lowest BCUT2D eigenvalue weighted by Gasteiger charge is -2.02. The van der Waals surface area contributed by atoms with Gasteiger partial charge in [0.2, 0.25) is 0 Å². The Morgan fingerprint density at radius 3 is 2.79 bits per heavy atom. The smallest absolute Gasteiger partial charge is 0.268 e. The minimum atomic E-state index is -0.123. The van der Waals surface area contributed by atoms with Gasteiger partial charge in [-0.15, -0.1) is 0 Å². The van der Waals surface area contributed by atoms with Gasteiger partial charge in [-0.05, 0) is 24.3 Å². The van der Waals surface area contributed by atoms with Crippen LogP contribution in [0.15, 0.2) is 54.7 Å². The number of para-hydroxylation sites is 1. The number of hydrogen-bond donors (Lipinski definition) is 2. The van der Waals surface area contributed by atoms with Gasteiger partial charge < -0.3 is 10.3 Å². The van der Waals surface area contributed by atoms with Crippen molar-refractivity contribution in [2.24, 2.45) is 0 Å². The maximum atomic E-state index is 12.0. The molecule has 0 bridgehead atoms. The molecule has 2 heterocycles. The van der Waals surface area contributed by atoms with Crippen LogP contribution in [0.4, 0.5) is 0 Å². The molecule has 0 atom stereocenters. The van der Waals surface area contributed by atoms with E-state index in [1.807, 2.05) is 48.5 Å². The molecular formula is C15H13N3O. The van der Waals surface area contributed by atoms with E-state index in [0.29, 0.717) is 12.2 Å². The van der Waals surface area contributed by atoms with Crippen molar-refractivity contribution in [1.82, 2.24) is 15.3 Å². The second kappa shape index (κ2) is 4.94. The molecule has 1 aromatic carbocycles. The first-order valence-electron chi connectivity index (χ1n) is 6.09. The third-order valence-electron chi connectivity index (χ3n) is 2.93. The fourth-order valence-corrected chi connectivity index (χ4v) is 1.96. The van der Waals surface area contributed by atoms with Gasteiger partial charge in [-0.1, -0.05) is 24.3 Å². The van der Waals surface area contributed by atoms with Crippen molar-refractivity contribution in [2.45, 2.75) is 6.54 Å². The molecule has 0 saturated carbocycles. The van der Waals surface area contributed by atoms with Crippen LogP contribution < -0.4 is 5.32 Å². The molecule has 94 valence electrons. The maximum Gasteiger partial charge on any atom is 0.268 e. The highest BCUT2D eigenvalue weighted by molar-refractivity contribution is 5.97. The van der Waals surface area contributed by atoms with E-state index >= 15 is 0 Å². The van der Waals surface area contributed by atoms with Gasteiger partial charge in [0, 0.05) is 17.1 Å². The van der Waals surface area contributed by atoms with Crippen LogP contribution in [0.1, 0.15) is 16.2 Å². The number of carbonyl (C=O) groups excluding carboxylic acids is 1. The number of carbonyl (C=O) groups is 1. The number of aromatic amines is 1. The summed E-state index contributed by atoms with van der Waals surface area (Å²) in [6, 6.07) is 15.3. The molecule has 0 aliphatic rings. The van der Waals surface area contributed by atoms with E-state index in [0.717, 1.165) is 16.6 Å². The molecule has 3 rings (SSSR count). The van der Waals surface area contributed by atoms with Crippen molar-refractivity contribution in [3.05, 3.63) is 66.1 Å². The zero-order valence-electron chi connectivity index (χ0n) is 10.3. The summed E-state index contributed by atoms with van der Waals surface area (Å²) in [7, 11) is 0. The van der Waals surface area contributed by atoms with Crippen molar-refractivity contribution in [3.63, 3.8) is 0 Å². The van der Waals surface area contributed by atoms with Crippen molar-refractivity contribution in [3.8, 4) is 0 Å². The Morgan fingerprint density at radius 2 is 2.00 bits per heavy atom. The third kappa shape index (κ3) is 2.47. The number of amides is 1. The van der Waals surface area contributed by atoms with Crippen LogP contribution in [0, 0.1) is 0 Å². The molecule has 19 heavy (non-hydrogen) atoms. The Kier molecular flexibility index (Phi) is 2.98. The lowest BCUT2D eigenvalue weighted by molar-refractivity contribution is 0.0946. The number of benzene rings is 1. The number of rotatable bonds is 3. The molecular weight excluding hydrogens is 238 g/mol. The molecule has 0 spiro atoms. The quantitative estimate of drug-likeness (QED) is 0.751. The summed E-state index contributed by atoms with van der Waals surface area (Å²) in [6.45, 7) is 0.426. The Hall–Kier alpha value is -2.62. The van der Waals surface area contributed by atoms with Crippen LogP contribution in [-0.4, -0.2) is 15.9 Å². The third-order valence-corrected chi connectivity index (χ3v) is 2.93. The summed E-state index contributed by atoms with van der Waals surface area (Å²) in [6.07, 6.45) is 1.71. The van der Waals surface area contributed by atoms with E-state index in [1.54, 1.807) is 6.20 Å². The van der Waals surface area contributed by atoms with Crippen LogP contribution in [0.3, 0.4) is 0 Å². The first-order valence-corrected chi connectivity index (χ1v) is 6.09. The van der Waals surface area contributed by atoms with E-state index < -0.39 is 0 Å². The zero-order valence-corrected chi connectivity index (χ0v) is 10.3. The highest BCUT2D eigenvalue weighted by atomic mass is 16.1. The van der Waals surface area contributed by atoms with E-state index in [9.17, 15) is 4.79 Å². The molecule has 1 amide bonds. The predicted molar refractivity (Wildman–Crippen MR) is 73.7 cm³/mol. The highest BCUT2D eigenvalue weighted by Crippen LogP contribution is 2.14. The molecule has 4 nitrogen and oxygen atoms in total. The van der Waals surface area contributed by atoms with Crippen molar-refractivity contribution < 1.29 is 4.79 Å². The van der Waals surface area contributed by atoms with Crippen molar-refractivity contribution >= 4 is 16.8 Å². The molecule has 0 saturated heterocycles. The van der Waals surface area contributed by atoms with Crippen LogP contribution >= 0.6 is 0 Å². The number of aromatic nitrogens is 2.